The van der Waals surface area contributed by atoms with Crippen molar-refractivity contribution < 1.29 is 41.8 Å². The molecule has 1 aromatic carbocycles. The number of nitrogens with zero attached hydrogens (tertiary/aromatic N) is 2. The SMILES string of the molecule is C#C[C@@]1(F)C(O)[C@@](F)(COP(=O)(N[C@@H](C)C(=O)OC(C)C)Oc2ccccc2)O[C@H]1n1ccc(N)nc1=S. The van der Waals surface area contributed by atoms with E-state index >= 15 is 8.78 Å². The fraction of sp³-hybridized carbons (Fsp3) is 0.435. The van der Waals surface area contributed by atoms with Crippen molar-refractivity contribution in [1.82, 2.24) is 14.6 Å². The molecule has 0 spiro atoms. The summed E-state index contributed by atoms with van der Waals surface area (Å²) in [6, 6.07) is 7.64. The first-order valence-corrected chi connectivity index (χ1v) is 13.2. The Hall–Kier alpha value is -2.92. The van der Waals surface area contributed by atoms with Crippen molar-refractivity contribution in [3.63, 3.8) is 0 Å². The molecule has 0 bridgehead atoms. The Morgan fingerprint density at radius 2 is 2.03 bits per heavy atom. The van der Waals surface area contributed by atoms with Gasteiger partial charge < -0.3 is 24.8 Å². The molecule has 1 aliphatic rings. The molecule has 2 heterocycles. The van der Waals surface area contributed by atoms with Crippen LogP contribution >= 0.6 is 20.0 Å². The predicted octanol–water partition coefficient (Wildman–Crippen LogP) is 3.23. The second kappa shape index (κ2) is 11.4. The summed E-state index contributed by atoms with van der Waals surface area (Å²) in [4.78, 5) is 16.1. The fourth-order valence-electron chi connectivity index (χ4n) is 3.42. The molecule has 0 aliphatic carbocycles. The number of nitrogens with two attached hydrogens (primary N) is 1. The number of ether oxygens (including phenoxy) is 2. The highest BCUT2D eigenvalue weighted by atomic mass is 32.1. The van der Waals surface area contributed by atoms with Gasteiger partial charge in [-0.15, -0.1) is 6.42 Å². The number of aliphatic hydroxyl groups is 1. The van der Waals surface area contributed by atoms with E-state index in [1.807, 2.05) is 0 Å². The Morgan fingerprint density at radius 1 is 1.37 bits per heavy atom. The summed E-state index contributed by atoms with van der Waals surface area (Å²) in [6.07, 6.45) is 1.37. The van der Waals surface area contributed by atoms with Crippen molar-refractivity contribution in [2.45, 2.75) is 56.8 Å². The molecule has 2 unspecified atom stereocenters. The molecular weight excluding hydrogens is 545 g/mol. The number of carbonyl (C=O) groups is 1. The Kier molecular flexibility index (Phi) is 8.93. The molecule has 0 saturated carbocycles. The summed E-state index contributed by atoms with van der Waals surface area (Å²) in [5.74, 6) is -2.41. The first kappa shape index (κ1) is 29.6. The van der Waals surface area contributed by atoms with E-state index in [2.05, 4.69) is 10.1 Å². The van der Waals surface area contributed by atoms with Gasteiger partial charge in [-0.1, -0.05) is 24.1 Å². The van der Waals surface area contributed by atoms with Crippen molar-refractivity contribution in [3.05, 3.63) is 47.4 Å². The number of aliphatic hydroxyl groups excluding tert-OH is 1. The summed E-state index contributed by atoms with van der Waals surface area (Å²) < 4.78 is 66.8. The lowest BCUT2D eigenvalue weighted by molar-refractivity contribution is -0.203. The molecule has 0 amide bonds. The Labute approximate surface area is 222 Å². The first-order chi connectivity index (χ1) is 17.7. The quantitative estimate of drug-likeness (QED) is 0.167. The topological polar surface area (TPSA) is 147 Å². The van der Waals surface area contributed by atoms with E-state index in [4.69, 9.17) is 42.9 Å². The number of nitrogen functional groups attached to an aromatic ring is 1. The van der Waals surface area contributed by atoms with E-state index in [0.717, 1.165) is 10.8 Å². The standard InChI is InChI=1S/C23H27F2N4O7PS/c1-5-22(24)19(31)23(25,35-20(22)29-12-11-17(26)27-21(29)38)13-33-37(32,36-16-9-7-6-8-10-16)28-15(4)18(30)34-14(2)3/h1,6-12,14-15,19-20,31H,13H2,2-4H3,(H,28,32)(H2,26,27,38)/t15-,19?,20+,22+,23+,37?/m0/s1. The third-order valence-corrected chi connectivity index (χ3v) is 7.18. The molecule has 1 aliphatic heterocycles. The number of halogens is 2. The largest absolute Gasteiger partial charge is 0.462 e. The second-order valence-electron chi connectivity index (χ2n) is 8.63. The van der Waals surface area contributed by atoms with Crippen molar-refractivity contribution in [2.24, 2.45) is 0 Å². The van der Waals surface area contributed by atoms with Crippen LogP contribution in [0, 0.1) is 17.1 Å². The average molecular weight is 573 g/mol. The molecule has 206 valence electrons. The number of anilines is 1. The summed E-state index contributed by atoms with van der Waals surface area (Å²) in [5.41, 5.74) is 2.41. The van der Waals surface area contributed by atoms with Crippen LogP contribution in [0.1, 0.15) is 27.0 Å². The van der Waals surface area contributed by atoms with Gasteiger partial charge >= 0.3 is 13.7 Å². The van der Waals surface area contributed by atoms with Gasteiger partial charge in [0.15, 0.2) is 12.3 Å². The van der Waals surface area contributed by atoms with Crippen molar-refractivity contribution in [1.29, 1.82) is 0 Å². The maximum atomic E-state index is 16.0. The lowest BCUT2D eigenvalue weighted by atomic mass is 9.96. The molecular formula is C23H27F2N4O7PS. The van der Waals surface area contributed by atoms with Crippen LogP contribution < -0.4 is 15.3 Å². The van der Waals surface area contributed by atoms with Crippen LogP contribution in [0.25, 0.3) is 0 Å². The fourth-order valence-corrected chi connectivity index (χ4v) is 5.19. The van der Waals surface area contributed by atoms with E-state index in [9.17, 15) is 14.5 Å². The van der Waals surface area contributed by atoms with Crippen molar-refractivity contribution in [2.75, 3.05) is 12.3 Å². The third-order valence-electron chi connectivity index (χ3n) is 5.26. The predicted molar refractivity (Wildman–Crippen MR) is 135 cm³/mol. The zero-order valence-corrected chi connectivity index (χ0v) is 22.3. The molecule has 1 saturated heterocycles. The van der Waals surface area contributed by atoms with Gasteiger partial charge in [-0.2, -0.15) is 5.09 Å². The number of carbonyl (C=O) groups excluding carboxylic acids is 1. The third kappa shape index (κ3) is 6.37. The zero-order valence-electron chi connectivity index (χ0n) is 20.6. The molecule has 4 N–H and O–H groups in total. The minimum atomic E-state index is -4.59. The normalized spacial score (nSPS) is 27.3. The van der Waals surface area contributed by atoms with Crippen LogP contribution in [0.2, 0.25) is 0 Å². The van der Waals surface area contributed by atoms with Crippen LogP contribution in [0.4, 0.5) is 14.6 Å². The number of benzene rings is 1. The van der Waals surface area contributed by atoms with Crippen molar-refractivity contribution >= 4 is 31.8 Å². The summed E-state index contributed by atoms with van der Waals surface area (Å²) in [6.45, 7) is 3.20. The van der Waals surface area contributed by atoms with Gasteiger partial charge in [0.05, 0.1) is 6.10 Å². The van der Waals surface area contributed by atoms with Gasteiger partial charge in [0.2, 0.25) is 10.4 Å². The minimum absolute atomic E-state index is 0.00000627. The van der Waals surface area contributed by atoms with E-state index < -0.39 is 56.3 Å². The number of terminal acetylenes is 1. The number of hydrogen-bond acceptors (Lipinski definition) is 10. The van der Waals surface area contributed by atoms with Gasteiger partial charge in [-0.3, -0.25) is 13.9 Å². The van der Waals surface area contributed by atoms with Gasteiger partial charge in [-0.05, 0) is 51.2 Å². The molecule has 2 aromatic rings. The zero-order chi connectivity index (χ0) is 28.3. The molecule has 1 aromatic heterocycles. The maximum absolute atomic E-state index is 16.0. The van der Waals surface area contributed by atoms with Crippen LogP contribution in [-0.2, 0) is 23.4 Å². The lowest BCUT2D eigenvalue weighted by Crippen LogP contribution is -2.48. The molecule has 11 nitrogen and oxygen atoms in total. The highest BCUT2D eigenvalue weighted by Crippen LogP contribution is 2.51. The number of aromatic nitrogens is 2. The van der Waals surface area contributed by atoms with Crippen molar-refractivity contribution in [3.8, 4) is 18.1 Å². The second-order valence-corrected chi connectivity index (χ2v) is 10.7. The van der Waals surface area contributed by atoms with Crippen LogP contribution in [0.15, 0.2) is 42.6 Å². The Bertz CT molecular complexity index is 1310. The van der Waals surface area contributed by atoms with Gasteiger partial charge in [0.1, 0.15) is 24.2 Å². The Balaban J connectivity index is 1.89. The van der Waals surface area contributed by atoms with Gasteiger partial charge in [0, 0.05) is 6.20 Å². The number of rotatable bonds is 10. The maximum Gasteiger partial charge on any atom is 0.459 e. The molecule has 3 rings (SSSR count). The number of para-hydroxylation sites is 1. The average Bonchev–Trinajstić information content (AvgIpc) is 3.05. The molecule has 15 heteroatoms. The first-order valence-electron chi connectivity index (χ1n) is 11.3. The van der Waals surface area contributed by atoms with E-state index in [-0.39, 0.29) is 16.3 Å². The van der Waals surface area contributed by atoms with E-state index in [0.29, 0.717) is 0 Å². The molecule has 0 radical (unpaired) electrons. The molecule has 6 atom stereocenters. The lowest BCUT2D eigenvalue weighted by Gasteiger charge is -2.28. The highest BCUT2D eigenvalue weighted by Gasteiger charge is 2.67. The summed E-state index contributed by atoms with van der Waals surface area (Å²) in [5, 5.41) is 12.9. The van der Waals surface area contributed by atoms with E-state index in [1.54, 1.807) is 38.0 Å². The van der Waals surface area contributed by atoms with Gasteiger partial charge in [-0.25, -0.2) is 18.3 Å². The number of alkyl halides is 2. The number of hydrogen-bond donors (Lipinski definition) is 3. The number of nitrogens with one attached hydrogen (secondary N) is 1. The van der Waals surface area contributed by atoms with Crippen LogP contribution in [-0.4, -0.2) is 57.0 Å². The van der Waals surface area contributed by atoms with Gasteiger partial charge in [0.25, 0.3) is 5.85 Å². The van der Waals surface area contributed by atoms with Crippen LogP contribution in [0.5, 0.6) is 5.75 Å². The highest BCUT2D eigenvalue weighted by molar-refractivity contribution is 7.71. The Morgan fingerprint density at radius 3 is 2.61 bits per heavy atom. The molecule has 1 fully saturated rings. The monoisotopic (exact) mass is 572 g/mol. The minimum Gasteiger partial charge on any atom is -0.462 e. The van der Waals surface area contributed by atoms with E-state index in [1.165, 1.54) is 25.1 Å². The summed E-state index contributed by atoms with van der Waals surface area (Å²) >= 11 is 5.04. The smallest absolute Gasteiger partial charge is 0.459 e. The summed E-state index contributed by atoms with van der Waals surface area (Å²) in [7, 11) is -4.59. The number of esters is 1. The molecule has 38 heavy (non-hydrogen) atoms. The van der Waals surface area contributed by atoms with Crippen LogP contribution in [0.3, 0.4) is 0 Å².